The summed E-state index contributed by atoms with van der Waals surface area (Å²) in [4.78, 5) is 2.36. The third-order valence-electron chi connectivity index (χ3n) is 12.6. The van der Waals surface area contributed by atoms with Crippen molar-refractivity contribution in [1.82, 2.24) is 0 Å². The summed E-state index contributed by atoms with van der Waals surface area (Å²) in [6, 6.07) is 87.2. The molecule has 0 saturated heterocycles. The SMILES string of the molecule is CC.CC.CC.CC.CC.CC.CC.CC.CC.CN(c1ccc2c(c1)C(C)(c1ccccc1)c1ccccc1-2)c1ccc2c(c1)C(c1ccccc1)(c1ccccc1)c1ccccc1-2.[Y].[c-]1ccccc1-c1[c-]cccc1. The number of benzene rings is 9. The molecule has 1 radical (unpaired) electrons. The maximum atomic E-state index is 3.15. The third-order valence-corrected chi connectivity index (χ3v) is 12.6. The van der Waals surface area contributed by atoms with Crippen LogP contribution in [0.2, 0.25) is 0 Å². The first-order chi connectivity index (χ1) is 38.1. The summed E-state index contributed by atoms with van der Waals surface area (Å²) in [6.45, 7) is 38.4. The smallest absolute Gasteiger partial charge is 0.0714 e. The maximum Gasteiger partial charge on any atom is 0.0714 e. The van der Waals surface area contributed by atoms with Crippen molar-refractivity contribution in [2.24, 2.45) is 0 Å². The minimum Gasteiger partial charge on any atom is -0.345 e. The van der Waals surface area contributed by atoms with Gasteiger partial charge in [-0.3, -0.25) is 0 Å². The Morgan fingerprint density at radius 1 is 0.295 bits per heavy atom. The first-order valence-corrected chi connectivity index (χ1v) is 29.4. The topological polar surface area (TPSA) is 3.24 Å². The van der Waals surface area contributed by atoms with E-state index >= 15 is 0 Å². The molecule has 1 atom stereocenters. The number of fused-ring (bicyclic) bond motifs is 6. The number of anilines is 2. The van der Waals surface area contributed by atoms with Crippen molar-refractivity contribution in [2.45, 2.75) is 142 Å². The molecule has 11 rings (SSSR count). The zero-order valence-electron chi connectivity index (χ0n) is 51.9. The van der Waals surface area contributed by atoms with Crippen LogP contribution >= 0.6 is 0 Å². The Morgan fingerprint density at radius 2 is 0.603 bits per heavy atom. The van der Waals surface area contributed by atoms with E-state index in [1.54, 1.807) is 0 Å². The van der Waals surface area contributed by atoms with Gasteiger partial charge in [0.25, 0.3) is 0 Å². The van der Waals surface area contributed by atoms with Crippen LogP contribution in [0, 0.1) is 12.1 Å². The molecular formula is C76H97NY-2. The van der Waals surface area contributed by atoms with Gasteiger partial charge in [-0.25, -0.2) is 11.1 Å². The molecule has 0 fully saturated rings. The average molecular weight is 1110 g/mol. The normalized spacial score (nSPS) is 12.2. The molecule has 0 heterocycles. The first kappa shape index (κ1) is 71.9. The molecule has 0 aliphatic heterocycles. The second-order valence-electron chi connectivity index (χ2n) is 15.6. The molecule has 2 heteroatoms. The van der Waals surface area contributed by atoms with Crippen LogP contribution in [0.1, 0.15) is 170 Å². The Labute approximate surface area is 503 Å². The zero-order valence-corrected chi connectivity index (χ0v) is 54.7. The van der Waals surface area contributed by atoms with Crippen molar-refractivity contribution in [3.05, 3.63) is 276 Å². The van der Waals surface area contributed by atoms with E-state index in [0.29, 0.717) is 0 Å². The van der Waals surface area contributed by atoms with Crippen molar-refractivity contribution >= 4 is 11.4 Å². The van der Waals surface area contributed by atoms with E-state index in [1.807, 2.05) is 173 Å². The fourth-order valence-corrected chi connectivity index (χ4v) is 9.68. The summed E-state index contributed by atoms with van der Waals surface area (Å²) in [5.41, 5.74) is 18.4. The molecule has 411 valence electrons. The quantitative estimate of drug-likeness (QED) is 0.150. The number of nitrogens with zero attached hydrogens (tertiary/aromatic N) is 1. The van der Waals surface area contributed by atoms with E-state index in [4.69, 9.17) is 0 Å². The fourth-order valence-electron chi connectivity index (χ4n) is 9.68. The first-order valence-electron chi connectivity index (χ1n) is 29.4. The minimum absolute atomic E-state index is 0. The van der Waals surface area contributed by atoms with Crippen LogP contribution in [0.5, 0.6) is 0 Å². The second kappa shape index (κ2) is 40.1. The maximum absolute atomic E-state index is 3.15. The van der Waals surface area contributed by atoms with E-state index in [2.05, 4.69) is 207 Å². The predicted octanol–water partition coefficient (Wildman–Crippen LogP) is 23.3. The van der Waals surface area contributed by atoms with Crippen molar-refractivity contribution in [3.63, 3.8) is 0 Å². The van der Waals surface area contributed by atoms with Gasteiger partial charge in [-0.05, 0) is 92.4 Å². The van der Waals surface area contributed by atoms with Gasteiger partial charge in [-0.2, -0.15) is 48.5 Å². The molecule has 78 heavy (non-hydrogen) atoms. The Hall–Kier alpha value is -6.12. The van der Waals surface area contributed by atoms with E-state index in [-0.39, 0.29) is 38.1 Å². The molecule has 2 aliphatic rings. The Kier molecular flexibility index (Phi) is 37.0. The van der Waals surface area contributed by atoms with E-state index in [9.17, 15) is 0 Å². The van der Waals surface area contributed by atoms with Gasteiger partial charge in [0, 0.05) is 56.5 Å². The Bertz CT molecular complexity index is 2810. The van der Waals surface area contributed by atoms with Crippen molar-refractivity contribution in [1.29, 1.82) is 0 Å². The number of hydrogen-bond acceptors (Lipinski definition) is 1. The number of hydrogen-bond donors (Lipinski definition) is 0. The van der Waals surface area contributed by atoms with Crippen LogP contribution in [0.25, 0.3) is 33.4 Å². The monoisotopic (exact) mass is 1110 g/mol. The zero-order chi connectivity index (χ0) is 57.8. The van der Waals surface area contributed by atoms with Gasteiger partial charge in [0.1, 0.15) is 0 Å². The van der Waals surface area contributed by atoms with Crippen LogP contribution in [0.15, 0.2) is 224 Å². The largest absolute Gasteiger partial charge is 0.345 e. The standard InChI is InChI=1S/C46H35N.C12H8.9C2H6.Y/c1-45(32-16-6-3-7-17-32)41-24-14-12-22-37(41)39-28-26-35(30-43(39)45)47(2)36-27-29-40-38-23-13-15-25-42(38)46(44(40)31-36,33-18-8-4-9-19-33)34-20-10-5-11-21-34;1-3-7-11(8-4-1)12-9-5-2-6-10-12;9*1-2;/h3-31H,1-2H3;1-7,9H;9*1-2H3;/q;-2;;;;;;;;;;. The van der Waals surface area contributed by atoms with Crippen molar-refractivity contribution < 1.29 is 32.7 Å². The van der Waals surface area contributed by atoms with Crippen LogP contribution in [0.3, 0.4) is 0 Å². The second-order valence-corrected chi connectivity index (χ2v) is 15.6. The molecule has 2 aliphatic carbocycles. The van der Waals surface area contributed by atoms with Crippen LogP contribution < -0.4 is 4.90 Å². The Balaban J connectivity index is 0.00000161. The fraction of sp³-hybridized carbons (Fsp3) is 0.289. The molecule has 0 bridgehead atoms. The van der Waals surface area contributed by atoms with E-state index in [0.717, 1.165) is 11.1 Å². The summed E-state index contributed by atoms with van der Waals surface area (Å²) in [5.74, 6) is 0. The molecule has 0 amide bonds. The van der Waals surface area contributed by atoms with Gasteiger partial charge >= 0.3 is 0 Å². The molecule has 0 spiro atoms. The Morgan fingerprint density at radius 3 is 1.00 bits per heavy atom. The molecule has 9 aromatic carbocycles. The van der Waals surface area contributed by atoms with Crippen LogP contribution in [0.4, 0.5) is 11.4 Å². The molecule has 1 nitrogen and oxygen atoms in total. The molecule has 0 saturated carbocycles. The van der Waals surface area contributed by atoms with Gasteiger partial charge in [0.05, 0.1) is 5.41 Å². The minimum atomic E-state index is -0.420. The van der Waals surface area contributed by atoms with Crippen molar-refractivity contribution in [2.75, 3.05) is 11.9 Å². The van der Waals surface area contributed by atoms with Crippen molar-refractivity contribution in [3.8, 4) is 33.4 Å². The summed E-state index contributed by atoms with van der Waals surface area (Å²) in [5, 5.41) is 0. The van der Waals surface area contributed by atoms with Gasteiger partial charge in [-0.15, -0.1) is 12.1 Å². The third kappa shape index (κ3) is 16.0. The molecule has 0 aromatic heterocycles. The van der Waals surface area contributed by atoms with E-state index in [1.165, 1.54) is 72.6 Å². The van der Waals surface area contributed by atoms with Gasteiger partial charge in [0.15, 0.2) is 0 Å². The summed E-state index contributed by atoms with van der Waals surface area (Å²) in [7, 11) is 2.21. The number of rotatable bonds is 6. The van der Waals surface area contributed by atoms with Gasteiger partial charge in [0.2, 0.25) is 0 Å². The molecule has 9 aromatic rings. The predicted molar refractivity (Wildman–Crippen MR) is 347 cm³/mol. The van der Waals surface area contributed by atoms with Crippen LogP contribution in [-0.4, -0.2) is 7.05 Å². The molecule has 1 unspecified atom stereocenters. The van der Waals surface area contributed by atoms with Crippen LogP contribution in [-0.2, 0) is 43.5 Å². The van der Waals surface area contributed by atoms with Gasteiger partial charge in [-0.1, -0.05) is 276 Å². The summed E-state index contributed by atoms with van der Waals surface area (Å²) < 4.78 is 0. The van der Waals surface area contributed by atoms with Gasteiger partial charge < -0.3 is 4.90 Å². The summed E-state index contributed by atoms with van der Waals surface area (Å²) in [6.07, 6.45) is 0. The molecule has 0 N–H and O–H groups in total. The average Bonchev–Trinajstić information content (AvgIpc) is 4.03. The summed E-state index contributed by atoms with van der Waals surface area (Å²) >= 11 is 0. The molecular weight excluding hydrogens is 1020 g/mol. The van der Waals surface area contributed by atoms with E-state index < -0.39 is 5.41 Å².